The summed E-state index contributed by atoms with van der Waals surface area (Å²) in [4.78, 5) is 12.2. The predicted octanol–water partition coefficient (Wildman–Crippen LogP) is 4.67. The van der Waals surface area contributed by atoms with Crippen molar-refractivity contribution < 1.29 is 26.7 Å². The minimum atomic E-state index is -3.58. The van der Waals surface area contributed by atoms with E-state index >= 15 is 0 Å². The Morgan fingerprint density at radius 2 is 1.70 bits per heavy atom. The van der Waals surface area contributed by atoms with Crippen molar-refractivity contribution in [3.63, 3.8) is 0 Å². The lowest BCUT2D eigenvalue weighted by molar-refractivity contribution is 0.242. The van der Waals surface area contributed by atoms with Crippen LogP contribution in [0.25, 0.3) is 11.1 Å². The first-order valence-corrected chi connectivity index (χ1v) is 11.8. The largest absolute Gasteiger partial charge is 0.490 e. The van der Waals surface area contributed by atoms with Gasteiger partial charge in [-0.3, -0.25) is 9.52 Å². The van der Waals surface area contributed by atoms with Crippen molar-refractivity contribution in [1.82, 2.24) is 4.57 Å². The summed E-state index contributed by atoms with van der Waals surface area (Å²) >= 11 is 0. The second-order valence-corrected chi connectivity index (χ2v) is 9.57. The van der Waals surface area contributed by atoms with Crippen LogP contribution in [0, 0.1) is 11.6 Å². The lowest BCUT2D eigenvalue weighted by Crippen LogP contribution is -2.18. The zero-order chi connectivity index (χ0) is 24.3. The van der Waals surface area contributed by atoms with Crippen molar-refractivity contribution in [3.05, 3.63) is 70.6 Å². The fourth-order valence-electron chi connectivity index (χ4n) is 2.99. The van der Waals surface area contributed by atoms with Crippen molar-refractivity contribution in [2.45, 2.75) is 26.9 Å². The van der Waals surface area contributed by atoms with Crippen LogP contribution >= 0.6 is 0 Å². The van der Waals surface area contributed by atoms with Crippen LogP contribution < -0.4 is 19.8 Å². The number of sulfonamides is 1. The minimum Gasteiger partial charge on any atom is -0.490 e. The average Bonchev–Trinajstić information content (AvgIpc) is 2.73. The molecule has 0 saturated carbocycles. The summed E-state index contributed by atoms with van der Waals surface area (Å²) in [5, 5.41) is 0. The Labute approximate surface area is 190 Å². The smallest absolute Gasteiger partial charge is 0.254 e. The third-order valence-electron chi connectivity index (χ3n) is 4.59. The zero-order valence-corrected chi connectivity index (χ0v) is 19.4. The first-order valence-electron chi connectivity index (χ1n) is 10.1. The fourth-order valence-corrected chi connectivity index (χ4v) is 3.62. The van der Waals surface area contributed by atoms with Gasteiger partial charge in [0.2, 0.25) is 10.0 Å². The van der Waals surface area contributed by atoms with Crippen LogP contribution in [0.15, 0.2) is 53.5 Å². The molecule has 0 aliphatic carbocycles. The van der Waals surface area contributed by atoms with Gasteiger partial charge < -0.3 is 14.0 Å². The average molecular weight is 479 g/mol. The van der Waals surface area contributed by atoms with Gasteiger partial charge in [0.1, 0.15) is 17.3 Å². The summed E-state index contributed by atoms with van der Waals surface area (Å²) in [6.45, 7) is 5.08. The van der Waals surface area contributed by atoms with Crippen LogP contribution in [0.2, 0.25) is 0 Å². The number of halogens is 2. The maximum absolute atomic E-state index is 14.3. The first kappa shape index (κ1) is 24.2. The van der Waals surface area contributed by atoms with Gasteiger partial charge in [-0.2, -0.15) is 0 Å². The van der Waals surface area contributed by atoms with Crippen LogP contribution in [-0.4, -0.2) is 24.8 Å². The van der Waals surface area contributed by atoms with Crippen LogP contribution in [0.4, 0.5) is 14.5 Å². The number of hydrogen-bond acceptors (Lipinski definition) is 5. The van der Waals surface area contributed by atoms with E-state index in [0.717, 1.165) is 12.1 Å². The third-order valence-corrected chi connectivity index (χ3v) is 5.90. The summed E-state index contributed by atoms with van der Waals surface area (Å²) in [6.07, 6.45) is 1.25. The highest BCUT2D eigenvalue weighted by molar-refractivity contribution is 7.92. The summed E-state index contributed by atoms with van der Waals surface area (Å²) in [5.74, 6) is -1.63. The molecule has 3 rings (SSSR count). The van der Waals surface area contributed by atoms with E-state index in [-0.39, 0.29) is 40.4 Å². The van der Waals surface area contributed by atoms with E-state index in [1.54, 1.807) is 20.9 Å². The monoisotopic (exact) mass is 478 g/mol. The molecule has 33 heavy (non-hydrogen) atoms. The highest BCUT2D eigenvalue weighted by atomic mass is 32.2. The molecule has 0 unspecified atom stereocenters. The van der Waals surface area contributed by atoms with Crippen molar-refractivity contribution in [3.8, 4) is 28.4 Å². The molecule has 0 aliphatic heterocycles. The summed E-state index contributed by atoms with van der Waals surface area (Å²) in [7, 11) is -2.03. The van der Waals surface area contributed by atoms with Gasteiger partial charge in [0.25, 0.3) is 5.56 Å². The van der Waals surface area contributed by atoms with Gasteiger partial charge in [-0.05, 0) is 51.1 Å². The molecule has 1 N–H and O–H groups in total. The molecule has 1 heterocycles. The Morgan fingerprint density at radius 3 is 2.33 bits per heavy atom. The molecule has 0 aliphatic rings. The molecule has 176 valence electrons. The van der Waals surface area contributed by atoms with Crippen molar-refractivity contribution >= 4 is 15.7 Å². The third kappa shape index (κ3) is 5.89. The van der Waals surface area contributed by atoms with Gasteiger partial charge in [-0.15, -0.1) is 0 Å². The van der Waals surface area contributed by atoms with Crippen LogP contribution in [0.1, 0.15) is 20.8 Å². The first-order chi connectivity index (χ1) is 15.5. The number of aryl methyl sites for hydroxylation is 1. The van der Waals surface area contributed by atoms with E-state index in [1.807, 2.05) is 0 Å². The van der Waals surface area contributed by atoms with Gasteiger partial charge in [0.05, 0.1) is 11.9 Å². The number of nitrogens with one attached hydrogen (secondary N) is 1. The normalized spacial score (nSPS) is 11.5. The van der Waals surface area contributed by atoms with E-state index in [4.69, 9.17) is 9.47 Å². The van der Waals surface area contributed by atoms with E-state index in [0.29, 0.717) is 17.2 Å². The lowest BCUT2D eigenvalue weighted by Gasteiger charge is -2.19. The van der Waals surface area contributed by atoms with Crippen molar-refractivity contribution in [2.75, 3.05) is 10.5 Å². The lowest BCUT2D eigenvalue weighted by atomic mass is 10.0. The molecular weight excluding hydrogens is 454 g/mol. The second kappa shape index (κ2) is 9.62. The van der Waals surface area contributed by atoms with E-state index in [2.05, 4.69) is 4.72 Å². The molecule has 0 atom stereocenters. The van der Waals surface area contributed by atoms with Crippen LogP contribution in [0.5, 0.6) is 17.2 Å². The number of anilines is 1. The van der Waals surface area contributed by atoms with Gasteiger partial charge in [-0.25, -0.2) is 17.2 Å². The molecule has 1 aromatic heterocycles. The topological polar surface area (TPSA) is 86.6 Å². The standard InChI is InChI=1S/C23H24F2N2O5S/c1-5-33(29,30)26-16-7-9-20(32-21-8-6-15(24)10-19(21)25)17(11-16)18-13-27(4)23(28)12-22(18)31-14(2)3/h6-14,26H,5H2,1-4H3. The Bertz CT molecular complexity index is 1340. The van der Waals surface area contributed by atoms with Gasteiger partial charge in [0.15, 0.2) is 11.6 Å². The Hall–Kier alpha value is -3.40. The highest BCUT2D eigenvalue weighted by Crippen LogP contribution is 2.40. The summed E-state index contributed by atoms with van der Waals surface area (Å²) in [5.41, 5.74) is 0.676. The van der Waals surface area contributed by atoms with Gasteiger partial charge in [-0.1, -0.05) is 0 Å². The number of hydrogen-bond donors (Lipinski definition) is 1. The van der Waals surface area contributed by atoms with Crippen LogP contribution in [0.3, 0.4) is 0 Å². The molecule has 0 radical (unpaired) electrons. The SMILES string of the molecule is CCS(=O)(=O)Nc1ccc(Oc2ccc(F)cc2F)c(-c2cn(C)c(=O)cc2OC(C)C)c1. The summed E-state index contributed by atoms with van der Waals surface area (Å²) < 4.78 is 67.1. The van der Waals surface area contributed by atoms with Gasteiger partial charge in [0, 0.05) is 42.2 Å². The molecule has 2 aromatic carbocycles. The predicted molar refractivity (Wildman–Crippen MR) is 122 cm³/mol. The maximum Gasteiger partial charge on any atom is 0.254 e. The number of pyridine rings is 1. The van der Waals surface area contributed by atoms with Gasteiger partial charge >= 0.3 is 0 Å². The Balaban J connectivity index is 2.22. The number of benzene rings is 2. The fraction of sp³-hybridized carbons (Fsp3) is 0.261. The van der Waals surface area contributed by atoms with Crippen LogP contribution in [-0.2, 0) is 17.1 Å². The maximum atomic E-state index is 14.3. The van der Waals surface area contributed by atoms with Crippen molar-refractivity contribution in [1.29, 1.82) is 0 Å². The second-order valence-electron chi connectivity index (χ2n) is 7.56. The number of aromatic nitrogens is 1. The Kier molecular flexibility index (Phi) is 7.06. The molecule has 0 bridgehead atoms. The Morgan fingerprint density at radius 1 is 1.00 bits per heavy atom. The molecule has 0 spiro atoms. The number of rotatable bonds is 8. The molecular formula is C23H24F2N2O5S. The van der Waals surface area contributed by atoms with Crippen molar-refractivity contribution in [2.24, 2.45) is 7.05 Å². The quantitative estimate of drug-likeness (QED) is 0.508. The summed E-state index contributed by atoms with van der Waals surface area (Å²) in [6, 6.07) is 8.61. The number of ether oxygens (including phenoxy) is 2. The molecule has 3 aromatic rings. The number of nitrogens with zero attached hydrogens (tertiary/aromatic N) is 1. The molecule has 0 saturated heterocycles. The minimum absolute atomic E-state index is 0.136. The molecule has 7 nitrogen and oxygen atoms in total. The molecule has 10 heteroatoms. The molecule has 0 fully saturated rings. The van der Waals surface area contributed by atoms with E-state index in [1.165, 1.54) is 42.0 Å². The molecule has 0 amide bonds. The van der Waals surface area contributed by atoms with E-state index in [9.17, 15) is 22.0 Å². The zero-order valence-electron chi connectivity index (χ0n) is 18.6. The highest BCUT2D eigenvalue weighted by Gasteiger charge is 2.19. The van der Waals surface area contributed by atoms with E-state index < -0.39 is 21.7 Å².